The van der Waals surface area contributed by atoms with Crippen molar-refractivity contribution >= 4 is 5.91 Å². The first-order chi connectivity index (χ1) is 13.2. The lowest BCUT2D eigenvalue weighted by molar-refractivity contribution is -0.0266. The van der Waals surface area contributed by atoms with Crippen molar-refractivity contribution in [3.05, 3.63) is 102 Å². The highest BCUT2D eigenvalue weighted by Crippen LogP contribution is 2.28. The molecule has 0 bridgehead atoms. The molecule has 4 heteroatoms. The second-order valence-corrected chi connectivity index (χ2v) is 6.15. The third-order valence-corrected chi connectivity index (χ3v) is 4.36. The summed E-state index contributed by atoms with van der Waals surface area (Å²) in [5.74, 6) is 0.635. The van der Waals surface area contributed by atoms with Crippen LogP contribution in [0.1, 0.15) is 27.7 Å². The van der Waals surface area contributed by atoms with E-state index in [1.807, 2.05) is 84.9 Å². The molecule has 1 atom stereocenters. The maximum Gasteiger partial charge on any atom is 0.256 e. The van der Waals surface area contributed by atoms with Gasteiger partial charge >= 0.3 is 0 Å². The molecule has 0 heterocycles. The van der Waals surface area contributed by atoms with Crippen molar-refractivity contribution < 1.29 is 14.3 Å². The molecule has 138 valence electrons. The summed E-state index contributed by atoms with van der Waals surface area (Å²) in [7, 11) is 3.23. The van der Waals surface area contributed by atoms with Crippen molar-refractivity contribution in [2.45, 2.75) is 12.8 Å². The molecular weight excluding hydrogens is 338 g/mol. The second kappa shape index (κ2) is 9.01. The number of amides is 1. The quantitative estimate of drug-likeness (QED) is 0.574. The lowest BCUT2D eigenvalue weighted by Crippen LogP contribution is -2.35. The van der Waals surface area contributed by atoms with E-state index in [1.54, 1.807) is 19.1 Å². The van der Waals surface area contributed by atoms with E-state index in [2.05, 4.69) is 0 Å². The maximum atomic E-state index is 13.3. The standard InChI is InChI=1S/C23H23NO3/c1-26-21-15-9-14-20(16-21)23(27-2)24(17-18-10-5-3-6-11-18)22(25)19-12-7-4-8-13-19/h3-16,23H,17H2,1-2H3. The van der Waals surface area contributed by atoms with Crippen LogP contribution in [-0.4, -0.2) is 25.0 Å². The van der Waals surface area contributed by atoms with Crippen LogP contribution >= 0.6 is 0 Å². The minimum Gasteiger partial charge on any atom is -0.497 e. The van der Waals surface area contributed by atoms with Gasteiger partial charge in [0, 0.05) is 24.8 Å². The van der Waals surface area contributed by atoms with Crippen LogP contribution in [0.2, 0.25) is 0 Å². The molecule has 0 saturated heterocycles. The number of nitrogens with zero attached hydrogens (tertiary/aromatic N) is 1. The summed E-state index contributed by atoms with van der Waals surface area (Å²) in [6.07, 6.45) is -0.534. The van der Waals surface area contributed by atoms with E-state index in [0.29, 0.717) is 12.1 Å². The van der Waals surface area contributed by atoms with Gasteiger partial charge in [0.25, 0.3) is 5.91 Å². The number of methoxy groups -OCH3 is 2. The molecule has 0 saturated carbocycles. The highest BCUT2D eigenvalue weighted by molar-refractivity contribution is 5.94. The van der Waals surface area contributed by atoms with E-state index in [9.17, 15) is 4.79 Å². The van der Waals surface area contributed by atoms with Gasteiger partial charge in [0.15, 0.2) is 6.23 Å². The zero-order valence-electron chi connectivity index (χ0n) is 15.5. The maximum absolute atomic E-state index is 13.3. The average molecular weight is 361 g/mol. The lowest BCUT2D eigenvalue weighted by atomic mass is 10.1. The fraction of sp³-hybridized carbons (Fsp3) is 0.174. The van der Waals surface area contributed by atoms with Crippen LogP contribution in [0.3, 0.4) is 0 Å². The first-order valence-electron chi connectivity index (χ1n) is 8.79. The summed E-state index contributed by atoms with van der Waals surface area (Å²) in [5.41, 5.74) is 2.52. The van der Waals surface area contributed by atoms with Gasteiger partial charge in [0.05, 0.1) is 7.11 Å². The number of ether oxygens (including phenoxy) is 2. The Bertz CT molecular complexity index is 865. The molecule has 3 aromatic carbocycles. The van der Waals surface area contributed by atoms with Crippen molar-refractivity contribution in [2.24, 2.45) is 0 Å². The van der Waals surface area contributed by atoms with Crippen molar-refractivity contribution in [1.29, 1.82) is 0 Å². The van der Waals surface area contributed by atoms with Crippen LogP contribution in [0.5, 0.6) is 5.75 Å². The number of rotatable bonds is 7. The smallest absolute Gasteiger partial charge is 0.256 e. The molecule has 0 radical (unpaired) electrons. The van der Waals surface area contributed by atoms with Crippen LogP contribution in [0, 0.1) is 0 Å². The third kappa shape index (κ3) is 4.54. The zero-order chi connectivity index (χ0) is 19.1. The van der Waals surface area contributed by atoms with E-state index in [0.717, 1.165) is 16.9 Å². The summed E-state index contributed by atoms with van der Waals surface area (Å²) in [6, 6.07) is 26.8. The van der Waals surface area contributed by atoms with Crippen molar-refractivity contribution in [2.75, 3.05) is 14.2 Å². The molecule has 0 aliphatic carbocycles. The molecule has 0 spiro atoms. The summed E-state index contributed by atoms with van der Waals surface area (Å²) in [4.78, 5) is 15.0. The van der Waals surface area contributed by atoms with Crippen LogP contribution < -0.4 is 4.74 Å². The van der Waals surface area contributed by atoms with E-state index < -0.39 is 6.23 Å². The van der Waals surface area contributed by atoms with Gasteiger partial charge in [0.2, 0.25) is 0 Å². The summed E-state index contributed by atoms with van der Waals surface area (Å²) >= 11 is 0. The van der Waals surface area contributed by atoms with Gasteiger partial charge in [-0.3, -0.25) is 4.79 Å². The molecule has 0 N–H and O–H groups in total. The number of hydrogen-bond donors (Lipinski definition) is 0. The largest absolute Gasteiger partial charge is 0.497 e. The Labute approximate surface area is 160 Å². The Morgan fingerprint density at radius 2 is 1.56 bits per heavy atom. The van der Waals surface area contributed by atoms with Crippen molar-refractivity contribution in [3.8, 4) is 5.75 Å². The molecule has 3 aromatic rings. The first kappa shape index (κ1) is 18.7. The topological polar surface area (TPSA) is 38.8 Å². The molecular formula is C23H23NO3. The SMILES string of the molecule is COc1cccc(C(OC)N(Cc2ccccc2)C(=O)c2ccccc2)c1. The Balaban J connectivity index is 1.99. The lowest BCUT2D eigenvalue weighted by Gasteiger charge is -2.31. The molecule has 1 amide bonds. The normalized spacial score (nSPS) is 11.6. The molecule has 1 unspecified atom stereocenters. The van der Waals surface area contributed by atoms with E-state index in [4.69, 9.17) is 9.47 Å². The Morgan fingerprint density at radius 1 is 0.889 bits per heavy atom. The Morgan fingerprint density at radius 3 is 2.19 bits per heavy atom. The van der Waals surface area contributed by atoms with Gasteiger partial charge in [0.1, 0.15) is 5.75 Å². The molecule has 0 aromatic heterocycles. The van der Waals surface area contributed by atoms with Gasteiger partial charge in [-0.25, -0.2) is 0 Å². The fourth-order valence-corrected chi connectivity index (χ4v) is 3.03. The molecule has 0 aliphatic heterocycles. The Kier molecular flexibility index (Phi) is 6.23. The first-order valence-corrected chi connectivity index (χ1v) is 8.79. The molecule has 27 heavy (non-hydrogen) atoms. The minimum absolute atomic E-state index is 0.0888. The third-order valence-electron chi connectivity index (χ3n) is 4.36. The van der Waals surface area contributed by atoms with Crippen LogP contribution in [0.25, 0.3) is 0 Å². The second-order valence-electron chi connectivity index (χ2n) is 6.15. The monoisotopic (exact) mass is 361 g/mol. The number of hydrogen-bond acceptors (Lipinski definition) is 3. The van der Waals surface area contributed by atoms with Crippen LogP contribution in [0.15, 0.2) is 84.9 Å². The Hall–Kier alpha value is -3.11. The van der Waals surface area contributed by atoms with Gasteiger partial charge < -0.3 is 14.4 Å². The number of benzene rings is 3. The minimum atomic E-state index is -0.534. The van der Waals surface area contributed by atoms with Crippen molar-refractivity contribution in [3.63, 3.8) is 0 Å². The molecule has 4 nitrogen and oxygen atoms in total. The van der Waals surface area contributed by atoms with E-state index in [-0.39, 0.29) is 5.91 Å². The predicted molar refractivity (Wildman–Crippen MR) is 106 cm³/mol. The number of carbonyl (C=O) groups excluding carboxylic acids is 1. The van der Waals surface area contributed by atoms with Gasteiger partial charge in [-0.05, 0) is 29.8 Å². The van der Waals surface area contributed by atoms with Gasteiger partial charge in [-0.2, -0.15) is 0 Å². The summed E-state index contributed by atoms with van der Waals surface area (Å²) in [6.45, 7) is 0.435. The van der Waals surface area contributed by atoms with E-state index >= 15 is 0 Å². The van der Waals surface area contributed by atoms with Gasteiger partial charge in [-0.1, -0.05) is 60.7 Å². The zero-order valence-corrected chi connectivity index (χ0v) is 15.5. The fourth-order valence-electron chi connectivity index (χ4n) is 3.03. The highest BCUT2D eigenvalue weighted by atomic mass is 16.5. The van der Waals surface area contributed by atoms with Crippen LogP contribution in [-0.2, 0) is 11.3 Å². The van der Waals surface area contributed by atoms with Crippen LogP contribution in [0.4, 0.5) is 0 Å². The molecule has 0 aliphatic rings. The predicted octanol–water partition coefficient (Wildman–Crippen LogP) is 4.68. The summed E-state index contributed by atoms with van der Waals surface area (Å²) in [5, 5.41) is 0. The van der Waals surface area contributed by atoms with E-state index in [1.165, 1.54) is 0 Å². The number of carbonyl (C=O) groups is 1. The van der Waals surface area contributed by atoms with Crippen molar-refractivity contribution in [1.82, 2.24) is 4.90 Å². The molecule has 0 fully saturated rings. The van der Waals surface area contributed by atoms with Gasteiger partial charge in [-0.15, -0.1) is 0 Å². The average Bonchev–Trinajstić information content (AvgIpc) is 2.74. The summed E-state index contributed by atoms with van der Waals surface area (Å²) < 4.78 is 11.1. The highest BCUT2D eigenvalue weighted by Gasteiger charge is 2.26. The molecule has 3 rings (SSSR count).